The summed E-state index contributed by atoms with van der Waals surface area (Å²) in [7, 11) is -9.93. The Morgan fingerprint density at radius 3 is 0.683 bits per heavy atom. The normalized spacial score (nSPS) is 14.4. The maximum Gasteiger partial charge on any atom is 0.472 e. The van der Waals surface area contributed by atoms with Crippen molar-refractivity contribution in [1.82, 2.24) is 0 Å². The number of carbonyl (C=O) groups is 4. The molecule has 0 rings (SSSR count). The summed E-state index contributed by atoms with van der Waals surface area (Å²) in [4.78, 5) is 73.2. The van der Waals surface area contributed by atoms with Gasteiger partial charge >= 0.3 is 39.5 Å². The van der Waals surface area contributed by atoms with E-state index < -0.39 is 97.5 Å². The second kappa shape index (κ2) is 76.4. The van der Waals surface area contributed by atoms with E-state index in [1.807, 2.05) is 0 Å². The van der Waals surface area contributed by atoms with Crippen molar-refractivity contribution in [2.24, 2.45) is 11.8 Å². The molecule has 0 aliphatic heterocycles. The Morgan fingerprint density at radius 1 is 0.269 bits per heavy atom. The van der Waals surface area contributed by atoms with Crippen molar-refractivity contribution in [1.29, 1.82) is 0 Å². The Kier molecular flexibility index (Phi) is 75.0. The highest BCUT2D eigenvalue weighted by molar-refractivity contribution is 7.47. The summed E-state index contributed by atoms with van der Waals surface area (Å²) in [6, 6.07) is 0. The van der Waals surface area contributed by atoms with Gasteiger partial charge in [-0.25, -0.2) is 9.13 Å². The number of esters is 4. The molecule has 0 aromatic carbocycles. The summed E-state index contributed by atoms with van der Waals surface area (Å²) >= 11 is 0. The van der Waals surface area contributed by atoms with Crippen molar-refractivity contribution in [2.75, 3.05) is 39.6 Å². The number of aliphatic hydroxyl groups excluding tert-OH is 1. The number of phosphoric acid groups is 2. The highest BCUT2D eigenvalue weighted by atomic mass is 31.2. The molecule has 0 aliphatic rings. The maximum atomic E-state index is 13.1. The fraction of sp³-hybridized carbons (Fsp3) is 0.953. The van der Waals surface area contributed by atoms with Crippen LogP contribution in [-0.4, -0.2) is 96.7 Å². The van der Waals surface area contributed by atoms with E-state index in [4.69, 9.17) is 37.0 Å². The molecule has 0 heterocycles. The van der Waals surface area contributed by atoms with Crippen LogP contribution in [0.3, 0.4) is 0 Å². The summed E-state index contributed by atoms with van der Waals surface area (Å²) < 4.78 is 68.9. The first-order chi connectivity index (χ1) is 50.4. The lowest BCUT2D eigenvalue weighted by atomic mass is 9.99. The molecule has 0 bridgehead atoms. The van der Waals surface area contributed by atoms with E-state index in [0.29, 0.717) is 25.7 Å². The molecule has 0 aliphatic carbocycles. The number of hydrogen-bond acceptors (Lipinski definition) is 15. The van der Waals surface area contributed by atoms with Crippen LogP contribution in [0.5, 0.6) is 0 Å². The van der Waals surface area contributed by atoms with Gasteiger partial charge < -0.3 is 33.8 Å². The minimum Gasteiger partial charge on any atom is -0.462 e. The van der Waals surface area contributed by atoms with E-state index in [1.165, 1.54) is 270 Å². The fourth-order valence-electron chi connectivity index (χ4n) is 13.2. The summed E-state index contributed by atoms with van der Waals surface area (Å²) in [6.07, 6.45) is 68.0. The van der Waals surface area contributed by atoms with Gasteiger partial charge in [0, 0.05) is 25.7 Å². The van der Waals surface area contributed by atoms with Gasteiger partial charge in [-0.05, 0) is 37.5 Å². The third-order valence-electron chi connectivity index (χ3n) is 20.7. The van der Waals surface area contributed by atoms with Crippen LogP contribution in [0, 0.1) is 11.8 Å². The molecule has 0 spiro atoms. The highest BCUT2D eigenvalue weighted by Gasteiger charge is 2.30. The van der Waals surface area contributed by atoms with Crippen LogP contribution in [0.1, 0.15) is 452 Å². The Bertz CT molecular complexity index is 2000. The van der Waals surface area contributed by atoms with E-state index >= 15 is 0 Å². The van der Waals surface area contributed by atoms with Crippen LogP contribution < -0.4 is 0 Å². The van der Waals surface area contributed by atoms with E-state index in [0.717, 1.165) is 102 Å². The van der Waals surface area contributed by atoms with Gasteiger partial charge in [-0.1, -0.05) is 401 Å². The molecule has 0 fully saturated rings. The van der Waals surface area contributed by atoms with Crippen LogP contribution in [-0.2, 0) is 65.4 Å². The minimum absolute atomic E-state index is 0.106. The quantitative estimate of drug-likeness (QED) is 0.0222. The summed E-state index contributed by atoms with van der Waals surface area (Å²) in [5.74, 6) is -0.524. The fourth-order valence-corrected chi connectivity index (χ4v) is 14.8. The topological polar surface area (TPSA) is 237 Å². The molecule has 0 amide bonds. The van der Waals surface area contributed by atoms with Crippen molar-refractivity contribution in [3.8, 4) is 0 Å². The number of phosphoric ester groups is 2. The molecule has 3 N–H and O–H groups in total. The Balaban J connectivity index is 5.24. The first kappa shape index (κ1) is 102. The van der Waals surface area contributed by atoms with Crippen molar-refractivity contribution in [3.63, 3.8) is 0 Å². The number of aliphatic hydroxyl groups is 1. The monoisotopic (exact) mass is 1520 g/mol. The average Bonchev–Trinajstić information content (AvgIpc) is 0.906. The molecule has 618 valence electrons. The molecule has 17 nitrogen and oxygen atoms in total. The van der Waals surface area contributed by atoms with Gasteiger partial charge in [0.15, 0.2) is 12.2 Å². The van der Waals surface area contributed by atoms with Gasteiger partial charge in [0.25, 0.3) is 0 Å². The lowest BCUT2D eigenvalue weighted by Crippen LogP contribution is -2.30. The standard InChI is InChI=1S/C85H166O17P2/c1-7-11-13-15-17-19-21-23-25-27-28-29-30-31-32-34-36-38-43-51-57-63-69-84(89)101-80(73-95-82(87)67-61-55-49-42-37-35-33-26-24-22-20-18-16-14-12-8-2)75-99-103(91,92)97-71-79(86)72-98-104(93,94)100-76-81(74-96-83(88)68-62-56-50-46-45-48-54-60-66-78(6)10-4)102-85(90)70-64-58-52-44-40-39-41-47-53-59-65-77(5)9-3/h77-81,86H,7-76H2,1-6H3,(H,91,92)(H,93,94)/t77?,78?,79-,80-,81-/m1/s1. The lowest BCUT2D eigenvalue weighted by Gasteiger charge is -2.21. The van der Waals surface area contributed by atoms with Gasteiger partial charge in [-0.15, -0.1) is 0 Å². The number of unbranched alkanes of at least 4 members (excludes halogenated alkanes) is 52. The van der Waals surface area contributed by atoms with E-state index in [9.17, 15) is 43.2 Å². The molecule has 0 saturated heterocycles. The second-order valence-electron chi connectivity index (χ2n) is 31.1. The number of hydrogen-bond donors (Lipinski definition) is 3. The summed E-state index contributed by atoms with van der Waals surface area (Å²) in [5.41, 5.74) is 0. The molecule has 7 atom stereocenters. The first-order valence-electron chi connectivity index (χ1n) is 44.1. The molecule has 0 aromatic heterocycles. The number of carbonyl (C=O) groups excluding carboxylic acids is 4. The third kappa shape index (κ3) is 75.5. The van der Waals surface area contributed by atoms with Crippen LogP contribution in [0.25, 0.3) is 0 Å². The molecular weight excluding hydrogens is 1350 g/mol. The van der Waals surface area contributed by atoms with Gasteiger partial charge in [-0.3, -0.25) is 37.3 Å². The maximum absolute atomic E-state index is 13.1. The number of ether oxygens (including phenoxy) is 4. The zero-order valence-electron chi connectivity index (χ0n) is 68.3. The third-order valence-corrected chi connectivity index (χ3v) is 22.6. The molecular formula is C85H166O17P2. The van der Waals surface area contributed by atoms with Gasteiger partial charge in [0.2, 0.25) is 0 Å². The van der Waals surface area contributed by atoms with Gasteiger partial charge in [0.1, 0.15) is 19.3 Å². The molecule has 4 unspecified atom stereocenters. The molecule has 104 heavy (non-hydrogen) atoms. The highest BCUT2D eigenvalue weighted by Crippen LogP contribution is 2.45. The Hall–Kier alpha value is -1.94. The van der Waals surface area contributed by atoms with Crippen LogP contribution >= 0.6 is 15.6 Å². The first-order valence-corrected chi connectivity index (χ1v) is 47.1. The molecule has 0 aromatic rings. The van der Waals surface area contributed by atoms with Crippen molar-refractivity contribution in [2.45, 2.75) is 471 Å². The van der Waals surface area contributed by atoms with Crippen molar-refractivity contribution >= 4 is 39.5 Å². The van der Waals surface area contributed by atoms with E-state index in [-0.39, 0.29) is 25.7 Å². The average molecular weight is 1520 g/mol. The molecule has 19 heteroatoms. The Morgan fingerprint density at radius 2 is 0.462 bits per heavy atom. The lowest BCUT2D eigenvalue weighted by molar-refractivity contribution is -0.161. The zero-order chi connectivity index (χ0) is 76.4. The zero-order valence-corrected chi connectivity index (χ0v) is 70.1. The molecule has 0 radical (unpaired) electrons. The van der Waals surface area contributed by atoms with Crippen molar-refractivity contribution in [3.05, 3.63) is 0 Å². The largest absolute Gasteiger partial charge is 0.472 e. The van der Waals surface area contributed by atoms with Crippen molar-refractivity contribution < 1.29 is 80.2 Å². The minimum atomic E-state index is -4.97. The van der Waals surface area contributed by atoms with Crippen LogP contribution in [0.2, 0.25) is 0 Å². The predicted molar refractivity (Wildman–Crippen MR) is 428 cm³/mol. The van der Waals surface area contributed by atoms with Crippen LogP contribution in [0.15, 0.2) is 0 Å². The van der Waals surface area contributed by atoms with E-state index in [1.54, 1.807) is 0 Å². The summed E-state index contributed by atoms with van der Waals surface area (Å²) in [5, 5.41) is 10.7. The molecule has 0 saturated carbocycles. The van der Waals surface area contributed by atoms with Gasteiger partial charge in [0.05, 0.1) is 26.4 Å². The van der Waals surface area contributed by atoms with Crippen LogP contribution in [0.4, 0.5) is 0 Å². The predicted octanol–water partition coefficient (Wildman–Crippen LogP) is 25.8. The summed E-state index contributed by atoms with van der Waals surface area (Å²) in [6.45, 7) is 9.69. The SMILES string of the molecule is CCCCCCCCCCCCCCCCCCCCCCCCC(=O)O[C@H](COC(=O)CCCCCCCCCCCCCCCCCC)COP(=O)(O)OC[C@@H](O)COP(=O)(O)OC[C@@H](COC(=O)CCCCCCCCCCC(C)CC)OC(=O)CCCCCCCCCCCCC(C)CC. The number of rotatable bonds is 84. The Labute approximate surface area is 638 Å². The van der Waals surface area contributed by atoms with E-state index in [2.05, 4.69) is 41.5 Å². The smallest absolute Gasteiger partial charge is 0.462 e. The van der Waals surface area contributed by atoms with Gasteiger partial charge in [-0.2, -0.15) is 0 Å². The second-order valence-corrected chi connectivity index (χ2v) is 34.0.